The van der Waals surface area contributed by atoms with Crippen LogP contribution >= 0.6 is 0 Å². The maximum atomic E-state index is 11.1. The van der Waals surface area contributed by atoms with Crippen LogP contribution in [0.5, 0.6) is 0 Å². The number of hydrogen-bond donors (Lipinski definition) is 1. The molecule has 3 unspecified atom stereocenters. The van der Waals surface area contributed by atoms with Crippen molar-refractivity contribution < 1.29 is 9.90 Å². The maximum Gasteiger partial charge on any atom is 0.308 e. The lowest BCUT2D eigenvalue weighted by molar-refractivity contribution is -0.142. The summed E-state index contributed by atoms with van der Waals surface area (Å²) in [5.41, 5.74) is 2.92. The summed E-state index contributed by atoms with van der Waals surface area (Å²) in [5, 5.41) is 9.14. The molecular weight excluding hydrogens is 226 g/mol. The molecule has 0 radical (unpaired) electrons. The highest BCUT2D eigenvalue weighted by Gasteiger charge is 2.38. The van der Waals surface area contributed by atoms with E-state index in [0.717, 1.165) is 25.9 Å². The number of carboxylic acids is 1. The van der Waals surface area contributed by atoms with E-state index in [1.807, 2.05) is 0 Å². The van der Waals surface area contributed by atoms with Crippen LogP contribution in [-0.2, 0) is 11.2 Å². The molecule has 0 aromatic heterocycles. The van der Waals surface area contributed by atoms with Gasteiger partial charge in [-0.2, -0.15) is 0 Å². The molecule has 1 heterocycles. The molecule has 3 atom stereocenters. The largest absolute Gasteiger partial charge is 0.481 e. The van der Waals surface area contributed by atoms with E-state index >= 15 is 0 Å². The van der Waals surface area contributed by atoms with Gasteiger partial charge in [-0.05, 0) is 37.4 Å². The molecule has 1 N–H and O–H groups in total. The van der Waals surface area contributed by atoms with Crippen LogP contribution in [0.25, 0.3) is 0 Å². The summed E-state index contributed by atoms with van der Waals surface area (Å²) in [5.74, 6) is -0.212. The SMILES string of the molecule is CC1C(C(=O)O)CCN1CC1Cc2ccccc21. The summed E-state index contributed by atoms with van der Waals surface area (Å²) in [6, 6.07) is 8.76. The lowest BCUT2D eigenvalue weighted by Gasteiger charge is -2.35. The summed E-state index contributed by atoms with van der Waals surface area (Å²) < 4.78 is 0. The number of fused-ring (bicyclic) bond motifs is 1. The van der Waals surface area contributed by atoms with E-state index < -0.39 is 5.97 Å². The van der Waals surface area contributed by atoms with Gasteiger partial charge in [0, 0.05) is 18.5 Å². The van der Waals surface area contributed by atoms with E-state index in [0.29, 0.717) is 5.92 Å². The molecule has 0 spiro atoms. The van der Waals surface area contributed by atoms with Gasteiger partial charge in [-0.25, -0.2) is 0 Å². The molecular formula is C15H19NO2. The molecule has 1 saturated heterocycles. The Hall–Kier alpha value is -1.35. The van der Waals surface area contributed by atoms with Gasteiger partial charge in [0.2, 0.25) is 0 Å². The van der Waals surface area contributed by atoms with E-state index in [-0.39, 0.29) is 12.0 Å². The van der Waals surface area contributed by atoms with Crippen molar-refractivity contribution in [1.29, 1.82) is 0 Å². The quantitative estimate of drug-likeness (QED) is 0.886. The Bertz CT molecular complexity index is 471. The zero-order valence-electron chi connectivity index (χ0n) is 10.7. The number of aliphatic carboxylic acids is 1. The first kappa shape index (κ1) is 11.7. The third-order valence-corrected chi connectivity index (χ3v) is 4.62. The second-order valence-corrected chi connectivity index (χ2v) is 5.57. The molecule has 0 saturated carbocycles. The number of carbonyl (C=O) groups is 1. The van der Waals surface area contributed by atoms with Crippen LogP contribution in [0.4, 0.5) is 0 Å². The third kappa shape index (κ3) is 1.83. The van der Waals surface area contributed by atoms with Crippen molar-refractivity contribution in [1.82, 2.24) is 4.90 Å². The smallest absolute Gasteiger partial charge is 0.308 e. The Balaban J connectivity index is 1.65. The number of nitrogens with zero attached hydrogens (tertiary/aromatic N) is 1. The van der Waals surface area contributed by atoms with Crippen LogP contribution in [0.1, 0.15) is 30.4 Å². The van der Waals surface area contributed by atoms with Crippen molar-refractivity contribution in [2.75, 3.05) is 13.1 Å². The van der Waals surface area contributed by atoms with Crippen LogP contribution in [0, 0.1) is 5.92 Å². The van der Waals surface area contributed by atoms with Gasteiger partial charge in [0.15, 0.2) is 0 Å². The van der Waals surface area contributed by atoms with Crippen molar-refractivity contribution in [2.24, 2.45) is 5.92 Å². The van der Waals surface area contributed by atoms with Gasteiger partial charge in [0.1, 0.15) is 0 Å². The first-order valence-electron chi connectivity index (χ1n) is 6.71. The van der Waals surface area contributed by atoms with Crippen LogP contribution in [0.15, 0.2) is 24.3 Å². The second-order valence-electron chi connectivity index (χ2n) is 5.57. The van der Waals surface area contributed by atoms with Gasteiger partial charge in [-0.15, -0.1) is 0 Å². The Morgan fingerprint density at radius 1 is 1.44 bits per heavy atom. The lowest BCUT2D eigenvalue weighted by atomic mass is 9.77. The van der Waals surface area contributed by atoms with E-state index in [1.165, 1.54) is 11.1 Å². The zero-order valence-corrected chi connectivity index (χ0v) is 10.7. The Morgan fingerprint density at radius 2 is 2.22 bits per heavy atom. The predicted molar refractivity (Wildman–Crippen MR) is 69.7 cm³/mol. The minimum atomic E-state index is -0.640. The van der Waals surface area contributed by atoms with Gasteiger partial charge in [-0.3, -0.25) is 9.69 Å². The first-order chi connectivity index (χ1) is 8.66. The molecule has 1 aromatic carbocycles. The monoisotopic (exact) mass is 245 g/mol. The fourth-order valence-electron chi connectivity index (χ4n) is 3.40. The lowest BCUT2D eigenvalue weighted by Crippen LogP contribution is -2.38. The molecule has 3 heteroatoms. The normalized spacial score (nSPS) is 30.8. The third-order valence-electron chi connectivity index (χ3n) is 4.62. The average Bonchev–Trinajstić information content (AvgIpc) is 2.68. The minimum absolute atomic E-state index is 0.176. The Morgan fingerprint density at radius 3 is 2.89 bits per heavy atom. The molecule has 3 rings (SSSR count). The number of hydrogen-bond acceptors (Lipinski definition) is 2. The molecule has 2 aliphatic rings. The van der Waals surface area contributed by atoms with Gasteiger partial charge >= 0.3 is 5.97 Å². The van der Waals surface area contributed by atoms with Crippen molar-refractivity contribution >= 4 is 5.97 Å². The maximum absolute atomic E-state index is 11.1. The predicted octanol–water partition coefficient (Wildman–Crippen LogP) is 2.12. The summed E-state index contributed by atoms with van der Waals surface area (Å²) in [4.78, 5) is 13.4. The van der Waals surface area contributed by atoms with E-state index in [1.54, 1.807) is 0 Å². The molecule has 0 bridgehead atoms. The van der Waals surface area contributed by atoms with Crippen LogP contribution in [-0.4, -0.2) is 35.1 Å². The van der Waals surface area contributed by atoms with Gasteiger partial charge in [0.25, 0.3) is 0 Å². The summed E-state index contributed by atoms with van der Waals surface area (Å²) in [7, 11) is 0. The van der Waals surface area contributed by atoms with Crippen molar-refractivity contribution in [3.63, 3.8) is 0 Å². The van der Waals surface area contributed by atoms with E-state index in [9.17, 15) is 4.79 Å². The number of benzene rings is 1. The van der Waals surface area contributed by atoms with Crippen LogP contribution in [0.3, 0.4) is 0 Å². The van der Waals surface area contributed by atoms with Crippen molar-refractivity contribution in [2.45, 2.75) is 31.7 Å². The standard InChI is InChI=1S/C15H19NO2/c1-10-13(15(17)18)6-7-16(10)9-12-8-11-4-2-3-5-14(11)12/h2-5,10,12-13H,6-9H2,1H3,(H,17,18). The van der Waals surface area contributed by atoms with Crippen molar-refractivity contribution in [3.8, 4) is 0 Å². The Kier molecular flexibility index (Phi) is 2.86. The molecule has 1 aromatic rings. The van der Waals surface area contributed by atoms with E-state index in [4.69, 9.17) is 5.11 Å². The minimum Gasteiger partial charge on any atom is -0.481 e. The van der Waals surface area contributed by atoms with Crippen LogP contribution in [0.2, 0.25) is 0 Å². The van der Waals surface area contributed by atoms with E-state index in [2.05, 4.69) is 36.1 Å². The highest BCUT2D eigenvalue weighted by atomic mass is 16.4. The molecule has 0 amide bonds. The number of rotatable bonds is 3. The van der Waals surface area contributed by atoms with Crippen LogP contribution < -0.4 is 0 Å². The molecule has 96 valence electrons. The number of carboxylic acid groups (broad SMARTS) is 1. The highest BCUT2D eigenvalue weighted by molar-refractivity contribution is 5.71. The molecule has 1 aliphatic heterocycles. The summed E-state index contributed by atoms with van der Waals surface area (Å²) >= 11 is 0. The highest BCUT2D eigenvalue weighted by Crippen LogP contribution is 2.37. The topological polar surface area (TPSA) is 40.5 Å². The fraction of sp³-hybridized carbons (Fsp3) is 0.533. The van der Waals surface area contributed by atoms with Gasteiger partial charge in [0.05, 0.1) is 5.92 Å². The summed E-state index contributed by atoms with van der Waals surface area (Å²) in [6.45, 7) is 4.00. The zero-order chi connectivity index (χ0) is 12.7. The Labute approximate surface area is 107 Å². The van der Waals surface area contributed by atoms with Gasteiger partial charge in [-0.1, -0.05) is 24.3 Å². The average molecular weight is 245 g/mol. The molecule has 1 fully saturated rings. The molecule has 3 nitrogen and oxygen atoms in total. The molecule has 1 aliphatic carbocycles. The fourth-order valence-corrected chi connectivity index (χ4v) is 3.40. The first-order valence-corrected chi connectivity index (χ1v) is 6.71. The summed E-state index contributed by atoms with van der Waals surface area (Å²) in [6.07, 6.45) is 1.95. The number of likely N-dealkylation sites (tertiary alicyclic amines) is 1. The van der Waals surface area contributed by atoms with Gasteiger partial charge < -0.3 is 5.11 Å². The van der Waals surface area contributed by atoms with Crippen molar-refractivity contribution in [3.05, 3.63) is 35.4 Å². The second kappa shape index (κ2) is 4.39. The molecule has 18 heavy (non-hydrogen) atoms.